The number of terminal acetylenes is 1. The minimum absolute atomic E-state index is 0.00873. The van der Waals surface area contributed by atoms with Gasteiger partial charge in [0.25, 0.3) is 11.6 Å². The van der Waals surface area contributed by atoms with Crippen LogP contribution < -0.4 is 14.9 Å². The van der Waals surface area contributed by atoms with Crippen LogP contribution in [0.4, 0.5) is 5.69 Å². The second-order valence-corrected chi connectivity index (χ2v) is 6.03. The third-order valence-corrected chi connectivity index (χ3v) is 4.24. The van der Waals surface area contributed by atoms with Crippen LogP contribution in [0.1, 0.15) is 15.9 Å². The zero-order valence-corrected chi connectivity index (χ0v) is 16.0. The molecule has 8 nitrogen and oxygen atoms in total. The Morgan fingerprint density at radius 3 is 2.73 bits per heavy atom. The van der Waals surface area contributed by atoms with Crippen LogP contribution >= 0.6 is 0 Å². The Kier molecular flexibility index (Phi) is 6.25. The van der Waals surface area contributed by atoms with Crippen molar-refractivity contribution in [2.24, 2.45) is 5.10 Å². The number of benzene rings is 3. The Labute approximate surface area is 172 Å². The van der Waals surface area contributed by atoms with Crippen LogP contribution in [0.25, 0.3) is 10.8 Å². The maximum Gasteiger partial charge on any atom is 0.275 e. The predicted octanol–water partition coefficient (Wildman–Crippen LogP) is 3.53. The highest BCUT2D eigenvalue weighted by atomic mass is 16.6. The molecular weight excluding hydrogens is 386 g/mol. The van der Waals surface area contributed by atoms with E-state index in [-0.39, 0.29) is 23.6 Å². The van der Waals surface area contributed by atoms with Gasteiger partial charge in [-0.25, -0.2) is 5.43 Å². The van der Waals surface area contributed by atoms with Crippen molar-refractivity contribution in [1.29, 1.82) is 0 Å². The van der Waals surface area contributed by atoms with Crippen LogP contribution in [0.15, 0.2) is 59.7 Å². The highest BCUT2D eigenvalue weighted by molar-refractivity contribution is 6.03. The molecule has 0 aliphatic rings. The normalized spacial score (nSPS) is 10.5. The van der Waals surface area contributed by atoms with Crippen molar-refractivity contribution in [2.75, 3.05) is 13.7 Å². The molecule has 0 aliphatic carbocycles. The number of nitro groups is 1. The van der Waals surface area contributed by atoms with Gasteiger partial charge in [0.05, 0.1) is 23.8 Å². The van der Waals surface area contributed by atoms with E-state index >= 15 is 0 Å². The summed E-state index contributed by atoms with van der Waals surface area (Å²) in [5.74, 6) is 2.46. The Balaban J connectivity index is 1.91. The van der Waals surface area contributed by atoms with E-state index in [0.29, 0.717) is 11.3 Å². The van der Waals surface area contributed by atoms with E-state index in [4.69, 9.17) is 15.9 Å². The molecule has 0 unspecified atom stereocenters. The number of amides is 1. The van der Waals surface area contributed by atoms with Gasteiger partial charge in [-0.3, -0.25) is 14.9 Å². The summed E-state index contributed by atoms with van der Waals surface area (Å²) in [6.45, 7) is 0.0798. The zero-order chi connectivity index (χ0) is 21.5. The molecule has 30 heavy (non-hydrogen) atoms. The van der Waals surface area contributed by atoms with Crippen molar-refractivity contribution in [3.8, 4) is 23.8 Å². The molecule has 0 aromatic heterocycles. The van der Waals surface area contributed by atoms with Crippen molar-refractivity contribution in [1.82, 2.24) is 5.43 Å². The Bertz CT molecular complexity index is 1180. The second kappa shape index (κ2) is 9.21. The van der Waals surface area contributed by atoms with Crippen LogP contribution in [0.3, 0.4) is 0 Å². The molecule has 1 amide bonds. The van der Waals surface area contributed by atoms with Gasteiger partial charge < -0.3 is 9.47 Å². The molecule has 0 spiro atoms. The highest BCUT2D eigenvalue weighted by Gasteiger charge is 2.17. The first kappa shape index (κ1) is 20.4. The molecular formula is C22H17N3O5. The smallest absolute Gasteiger partial charge is 0.275 e. The number of non-ortho nitro benzene ring substituents is 1. The van der Waals surface area contributed by atoms with Gasteiger partial charge in [0, 0.05) is 17.7 Å². The summed E-state index contributed by atoms with van der Waals surface area (Å²) in [6.07, 6.45) is 6.72. The first-order chi connectivity index (χ1) is 14.5. The van der Waals surface area contributed by atoms with E-state index in [1.165, 1.54) is 25.5 Å². The molecule has 3 aromatic carbocycles. The summed E-state index contributed by atoms with van der Waals surface area (Å²) in [5.41, 5.74) is 2.76. The molecule has 0 atom stereocenters. The number of methoxy groups -OCH3 is 1. The van der Waals surface area contributed by atoms with Crippen molar-refractivity contribution >= 4 is 28.6 Å². The fourth-order valence-electron chi connectivity index (χ4n) is 2.86. The number of nitrogens with zero attached hydrogens (tertiary/aromatic N) is 2. The van der Waals surface area contributed by atoms with Gasteiger partial charge in [0.15, 0.2) is 0 Å². The quantitative estimate of drug-likeness (QED) is 0.281. The van der Waals surface area contributed by atoms with E-state index in [2.05, 4.69) is 16.4 Å². The topological polar surface area (TPSA) is 103 Å². The molecule has 8 heteroatoms. The number of nitro benzene ring substituents is 1. The summed E-state index contributed by atoms with van der Waals surface area (Å²) in [7, 11) is 1.37. The monoisotopic (exact) mass is 403 g/mol. The third kappa shape index (κ3) is 4.36. The van der Waals surface area contributed by atoms with Crippen molar-refractivity contribution in [3.05, 3.63) is 75.8 Å². The molecule has 0 heterocycles. The Morgan fingerprint density at radius 2 is 2.00 bits per heavy atom. The first-order valence-corrected chi connectivity index (χ1v) is 8.79. The lowest BCUT2D eigenvalue weighted by molar-refractivity contribution is -0.384. The number of rotatable bonds is 7. The predicted molar refractivity (Wildman–Crippen MR) is 113 cm³/mol. The summed E-state index contributed by atoms with van der Waals surface area (Å²) in [5, 5.41) is 16.8. The second-order valence-electron chi connectivity index (χ2n) is 6.03. The molecule has 0 fully saturated rings. The number of hydrogen-bond donors (Lipinski definition) is 1. The molecule has 0 bridgehead atoms. The van der Waals surface area contributed by atoms with E-state index in [0.717, 1.165) is 16.8 Å². The summed E-state index contributed by atoms with van der Waals surface area (Å²) < 4.78 is 10.7. The standard InChI is InChI=1S/C22H17N3O5/c1-3-12-30-21-10-8-15-6-4-5-7-17(15)19(21)14-23-24-22(26)18-13-16(25(27)28)9-11-20(18)29-2/h1,4-11,13-14H,12H2,2H3,(H,24,26)/b23-14-. The van der Waals surface area contributed by atoms with Crippen LogP contribution in [0, 0.1) is 22.5 Å². The number of carbonyl (C=O) groups is 1. The van der Waals surface area contributed by atoms with Gasteiger partial charge in [0.1, 0.15) is 18.1 Å². The van der Waals surface area contributed by atoms with Crippen LogP contribution in [-0.2, 0) is 0 Å². The van der Waals surface area contributed by atoms with Gasteiger partial charge in [-0.2, -0.15) is 5.10 Å². The van der Waals surface area contributed by atoms with Gasteiger partial charge in [-0.05, 0) is 22.9 Å². The fourth-order valence-corrected chi connectivity index (χ4v) is 2.86. The van der Waals surface area contributed by atoms with E-state index in [1.807, 2.05) is 30.3 Å². The largest absolute Gasteiger partial charge is 0.496 e. The molecule has 0 aliphatic heterocycles. The molecule has 1 N–H and O–H groups in total. The molecule has 0 saturated carbocycles. The van der Waals surface area contributed by atoms with E-state index in [1.54, 1.807) is 6.07 Å². The minimum atomic E-state index is -0.655. The van der Waals surface area contributed by atoms with Crippen molar-refractivity contribution in [2.45, 2.75) is 0 Å². The molecule has 0 radical (unpaired) electrons. The lowest BCUT2D eigenvalue weighted by atomic mass is 10.0. The SMILES string of the molecule is C#CCOc1ccc2ccccc2c1/C=N\NC(=O)c1cc([N+](=O)[O-])ccc1OC. The fraction of sp³-hybridized carbons (Fsp3) is 0.0909. The lowest BCUT2D eigenvalue weighted by Crippen LogP contribution is -2.18. The molecule has 3 rings (SSSR count). The lowest BCUT2D eigenvalue weighted by Gasteiger charge is -2.10. The minimum Gasteiger partial charge on any atom is -0.496 e. The van der Waals surface area contributed by atoms with Gasteiger partial charge in [0.2, 0.25) is 0 Å². The van der Waals surface area contributed by atoms with E-state index < -0.39 is 10.8 Å². The number of hydrazone groups is 1. The average Bonchev–Trinajstić information content (AvgIpc) is 2.77. The van der Waals surface area contributed by atoms with E-state index in [9.17, 15) is 14.9 Å². The Hall–Kier alpha value is -4.38. The van der Waals surface area contributed by atoms with Crippen LogP contribution in [0.5, 0.6) is 11.5 Å². The zero-order valence-electron chi connectivity index (χ0n) is 16.0. The number of nitrogens with one attached hydrogen (secondary N) is 1. The van der Waals surface area contributed by atoms with Crippen molar-refractivity contribution < 1.29 is 19.2 Å². The van der Waals surface area contributed by atoms with Gasteiger partial charge in [-0.1, -0.05) is 36.3 Å². The van der Waals surface area contributed by atoms with Gasteiger partial charge >= 0.3 is 0 Å². The molecule has 150 valence electrons. The molecule has 0 saturated heterocycles. The highest BCUT2D eigenvalue weighted by Crippen LogP contribution is 2.27. The number of carbonyl (C=O) groups excluding carboxylic acids is 1. The first-order valence-electron chi connectivity index (χ1n) is 8.79. The van der Waals surface area contributed by atoms with Crippen LogP contribution in [0.2, 0.25) is 0 Å². The Morgan fingerprint density at radius 1 is 1.23 bits per heavy atom. The third-order valence-electron chi connectivity index (χ3n) is 4.24. The summed E-state index contributed by atoms with van der Waals surface area (Å²) >= 11 is 0. The average molecular weight is 403 g/mol. The van der Waals surface area contributed by atoms with Gasteiger partial charge in [-0.15, -0.1) is 6.42 Å². The maximum atomic E-state index is 12.5. The summed E-state index contributed by atoms with van der Waals surface area (Å²) in [4.78, 5) is 22.9. The number of fused-ring (bicyclic) bond motifs is 1. The molecule has 3 aromatic rings. The number of hydrogen-bond acceptors (Lipinski definition) is 6. The maximum absolute atomic E-state index is 12.5. The van der Waals surface area contributed by atoms with Crippen LogP contribution in [-0.4, -0.2) is 30.8 Å². The number of ether oxygens (including phenoxy) is 2. The van der Waals surface area contributed by atoms with Crippen molar-refractivity contribution in [3.63, 3.8) is 0 Å². The summed E-state index contributed by atoms with van der Waals surface area (Å²) in [6, 6.07) is 15.0.